The molecule has 0 spiro atoms. The van der Waals surface area contributed by atoms with Crippen LogP contribution in [0, 0.1) is 0 Å². The van der Waals surface area contributed by atoms with E-state index >= 15 is 0 Å². The number of allylic oxidation sites excluding steroid dienone is 5. The van der Waals surface area contributed by atoms with Crippen LogP contribution in [0.15, 0.2) is 59.6 Å². The van der Waals surface area contributed by atoms with Crippen molar-refractivity contribution in [2.24, 2.45) is 11.5 Å². The molecular formula is C12H17ClN4O. The third-order valence-corrected chi connectivity index (χ3v) is 1.82. The summed E-state index contributed by atoms with van der Waals surface area (Å²) < 4.78 is 0. The highest BCUT2D eigenvalue weighted by atomic mass is 35.5. The van der Waals surface area contributed by atoms with Gasteiger partial charge in [0, 0.05) is 5.57 Å². The van der Waals surface area contributed by atoms with Crippen molar-refractivity contribution < 1.29 is 4.79 Å². The molecule has 6 N–H and O–H groups in total. The fourth-order valence-corrected chi connectivity index (χ4v) is 0.911. The summed E-state index contributed by atoms with van der Waals surface area (Å²) in [5, 5.41) is 0.0887. The van der Waals surface area contributed by atoms with Crippen molar-refractivity contribution in [1.82, 2.24) is 10.9 Å². The molecule has 0 rings (SSSR count). The summed E-state index contributed by atoms with van der Waals surface area (Å²) in [7, 11) is 0. The van der Waals surface area contributed by atoms with E-state index in [1.54, 1.807) is 18.2 Å². The molecule has 6 heteroatoms. The molecule has 0 aromatic rings. The minimum absolute atomic E-state index is 0.0887. The van der Waals surface area contributed by atoms with Crippen LogP contribution in [0.2, 0.25) is 0 Å². The predicted molar refractivity (Wildman–Crippen MR) is 74.8 cm³/mol. The van der Waals surface area contributed by atoms with Crippen LogP contribution >= 0.6 is 11.6 Å². The SMILES string of the molecule is C=C/C(=C\C=C/C)C(=O)NN/C(N)=C/C=C(\N)Cl. The Morgan fingerprint density at radius 3 is 2.39 bits per heavy atom. The minimum Gasteiger partial charge on any atom is -0.389 e. The van der Waals surface area contributed by atoms with Gasteiger partial charge in [0.05, 0.1) is 5.16 Å². The third kappa shape index (κ3) is 7.19. The molecule has 1 amide bonds. The summed E-state index contributed by atoms with van der Waals surface area (Å²) in [6, 6.07) is 0. The molecule has 0 aliphatic carbocycles. The third-order valence-electron chi connectivity index (χ3n) is 1.69. The van der Waals surface area contributed by atoms with E-state index in [1.165, 1.54) is 18.2 Å². The molecule has 0 aromatic carbocycles. The van der Waals surface area contributed by atoms with Gasteiger partial charge in [0.25, 0.3) is 5.91 Å². The average Bonchev–Trinajstić information content (AvgIpc) is 2.34. The van der Waals surface area contributed by atoms with Crippen molar-refractivity contribution >= 4 is 17.5 Å². The lowest BCUT2D eigenvalue weighted by atomic mass is 10.2. The van der Waals surface area contributed by atoms with Gasteiger partial charge in [-0.2, -0.15) is 0 Å². The number of amides is 1. The molecule has 0 saturated heterocycles. The largest absolute Gasteiger partial charge is 0.389 e. The molecule has 0 fully saturated rings. The predicted octanol–water partition coefficient (Wildman–Crippen LogP) is 1.13. The van der Waals surface area contributed by atoms with E-state index in [4.69, 9.17) is 23.1 Å². The lowest BCUT2D eigenvalue weighted by Gasteiger charge is -2.08. The maximum absolute atomic E-state index is 11.6. The summed E-state index contributed by atoms with van der Waals surface area (Å²) in [4.78, 5) is 11.6. The van der Waals surface area contributed by atoms with Crippen LogP contribution in [0.5, 0.6) is 0 Å². The molecule has 0 radical (unpaired) electrons. The first kappa shape index (κ1) is 15.9. The maximum atomic E-state index is 11.6. The molecule has 0 aromatic heterocycles. The number of hydrazine groups is 1. The molecule has 0 aliphatic rings. The van der Waals surface area contributed by atoms with E-state index < -0.39 is 0 Å². The van der Waals surface area contributed by atoms with E-state index in [1.807, 2.05) is 6.92 Å². The molecular weight excluding hydrogens is 252 g/mol. The van der Waals surface area contributed by atoms with E-state index in [-0.39, 0.29) is 16.9 Å². The zero-order valence-electron chi connectivity index (χ0n) is 10.1. The lowest BCUT2D eigenvalue weighted by Crippen LogP contribution is -2.39. The summed E-state index contributed by atoms with van der Waals surface area (Å²) in [5.41, 5.74) is 16.0. The van der Waals surface area contributed by atoms with Crippen LogP contribution in [0.1, 0.15) is 6.92 Å². The second kappa shape index (κ2) is 8.95. The van der Waals surface area contributed by atoms with Crippen molar-refractivity contribution in [3.8, 4) is 0 Å². The van der Waals surface area contributed by atoms with Gasteiger partial charge in [-0.15, -0.1) is 0 Å². The van der Waals surface area contributed by atoms with Crippen LogP contribution in [0.25, 0.3) is 0 Å². The second-order valence-electron chi connectivity index (χ2n) is 3.10. The van der Waals surface area contributed by atoms with Crippen molar-refractivity contribution in [2.45, 2.75) is 6.92 Å². The van der Waals surface area contributed by atoms with Gasteiger partial charge in [0.1, 0.15) is 5.82 Å². The van der Waals surface area contributed by atoms with Crippen molar-refractivity contribution in [1.29, 1.82) is 0 Å². The van der Waals surface area contributed by atoms with Gasteiger partial charge in [-0.1, -0.05) is 36.4 Å². The Morgan fingerprint density at radius 2 is 1.89 bits per heavy atom. The first-order chi connectivity index (χ1) is 8.51. The molecule has 0 saturated carbocycles. The number of nitrogens with two attached hydrogens (primary N) is 2. The molecule has 0 unspecified atom stereocenters. The molecule has 0 heterocycles. The first-order valence-electron chi connectivity index (χ1n) is 5.11. The zero-order chi connectivity index (χ0) is 14.0. The van der Waals surface area contributed by atoms with E-state index in [0.29, 0.717) is 5.57 Å². The summed E-state index contributed by atoms with van der Waals surface area (Å²) in [6.45, 7) is 5.39. The zero-order valence-corrected chi connectivity index (χ0v) is 10.9. The van der Waals surface area contributed by atoms with Crippen molar-refractivity contribution in [3.05, 3.63) is 59.6 Å². The Bertz CT molecular complexity index is 418. The average molecular weight is 269 g/mol. The fraction of sp³-hybridized carbons (Fsp3) is 0.0833. The Labute approximate surface area is 112 Å². The highest BCUT2D eigenvalue weighted by molar-refractivity contribution is 6.29. The van der Waals surface area contributed by atoms with Crippen molar-refractivity contribution in [3.63, 3.8) is 0 Å². The minimum atomic E-state index is -0.359. The second-order valence-corrected chi connectivity index (χ2v) is 3.54. The van der Waals surface area contributed by atoms with Crippen LogP contribution in [-0.2, 0) is 4.79 Å². The van der Waals surface area contributed by atoms with Crippen LogP contribution in [0.3, 0.4) is 0 Å². The number of nitrogens with one attached hydrogen (secondary N) is 2. The fourth-order valence-electron chi connectivity index (χ4n) is 0.848. The van der Waals surface area contributed by atoms with E-state index in [0.717, 1.165) is 0 Å². The summed E-state index contributed by atoms with van der Waals surface area (Å²) >= 11 is 5.41. The molecule has 18 heavy (non-hydrogen) atoms. The maximum Gasteiger partial charge on any atom is 0.269 e. The normalized spacial score (nSPS) is 13.6. The van der Waals surface area contributed by atoms with Gasteiger partial charge in [0.2, 0.25) is 0 Å². The molecule has 0 bridgehead atoms. The Balaban J connectivity index is 4.46. The van der Waals surface area contributed by atoms with Gasteiger partial charge in [0.15, 0.2) is 0 Å². The van der Waals surface area contributed by atoms with Crippen molar-refractivity contribution in [2.75, 3.05) is 0 Å². The van der Waals surface area contributed by atoms with Gasteiger partial charge in [-0.25, -0.2) is 0 Å². The topological polar surface area (TPSA) is 93.2 Å². The van der Waals surface area contributed by atoms with Gasteiger partial charge < -0.3 is 11.5 Å². The highest BCUT2D eigenvalue weighted by Gasteiger charge is 2.03. The van der Waals surface area contributed by atoms with Crippen LogP contribution < -0.4 is 22.3 Å². The number of hydrogen-bond acceptors (Lipinski definition) is 4. The highest BCUT2D eigenvalue weighted by Crippen LogP contribution is 1.96. The number of hydrogen-bond donors (Lipinski definition) is 4. The number of carbonyl (C=O) groups excluding carboxylic acids is 1. The molecule has 0 aliphatic heterocycles. The first-order valence-corrected chi connectivity index (χ1v) is 5.49. The van der Waals surface area contributed by atoms with Crippen LogP contribution in [-0.4, -0.2) is 5.91 Å². The summed E-state index contributed by atoms with van der Waals surface area (Å²) in [5.74, 6) is -0.163. The van der Waals surface area contributed by atoms with Crippen LogP contribution in [0.4, 0.5) is 0 Å². The molecule has 98 valence electrons. The van der Waals surface area contributed by atoms with Gasteiger partial charge >= 0.3 is 0 Å². The standard InChI is InChI=1S/C12H17ClN4O/c1-3-5-6-9(4-2)12(18)17-16-11(15)8-7-10(13)14/h3-8,16H,2,14-15H2,1H3,(H,17,18)/b5-3-,9-6+,10-7-,11-8+. The van der Waals surface area contributed by atoms with E-state index in [2.05, 4.69) is 17.4 Å². The van der Waals surface area contributed by atoms with E-state index in [9.17, 15) is 4.79 Å². The Kier molecular flexibility index (Phi) is 7.89. The number of halogens is 1. The molecule has 5 nitrogen and oxygen atoms in total. The van der Waals surface area contributed by atoms with Gasteiger partial charge in [-0.3, -0.25) is 15.6 Å². The smallest absolute Gasteiger partial charge is 0.269 e. The Morgan fingerprint density at radius 1 is 1.22 bits per heavy atom. The number of carbonyl (C=O) groups is 1. The monoisotopic (exact) mass is 268 g/mol. The Hall–Kier alpha value is -2.14. The summed E-state index contributed by atoms with van der Waals surface area (Å²) in [6.07, 6.45) is 9.40. The quantitative estimate of drug-likeness (QED) is 0.251. The lowest BCUT2D eigenvalue weighted by molar-refractivity contribution is -0.117. The van der Waals surface area contributed by atoms with Gasteiger partial charge in [-0.05, 0) is 25.2 Å². The molecule has 0 atom stereocenters. The number of rotatable bonds is 6.